The molecule has 0 saturated carbocycles. The van der Waals surface area contributed by atoms with E-state index in [0.29, 0.717) is 12.3 Å². The van der Waals surface area contributed by atoms with E-state index in [4.69, 9.17) is 9.57 Å². The highest BCUT2D eigenvalue weighted by atomic mass is 16.7. The predicted molar refractivity (Wildman–Crippen MR) is 55.7 cm³/mol. The summed E-state index contributed by atoms with van der Waals surface area (Å²) in [5.41, 5.74) is 1.45. The van der Waals surface area contributed by atoms with E-state index in [-0.39, 0.29) is 0 Å². The number of aliphatic hydroxyl groups excluding tert-OH is 1. The first-order valence-corrected chi connectivity index (χ1v) is 4.79. The van der Waals surface area contributed by atoms with Crippen molar-refractivity contribution in [2.45, 2.75) is 12.2 Å². The van der Waals surface area contributed by atoms with E-state index in [1.807, 2.05) is 30.3 Å². The van der Waals surface area contributed by atoms with Crippen molar-refractivity contribution in [1.29, 1.82) is 0 Å². The Morgan fingerprint density at radius 2 is 2.13 bits per heavy atom. The maximum absolute atomic E-state index is 9.90. The Labute approximate surface area is 88.1 Å². The highest BCUT2D eigenvalue weighted by Gasteiger charge is 2.32. The number of hydrogen-bond donors (Lipinski definition) is 1. The monoisotopic (exact) mass is 207 g/mol. The molecular weight excluding hydrogens is 194 g/mol. The molecular formula is C11H13NO3. The largest absolute Gasteiger partial charge is 0.386 e. The first-order chi connectivity index (χ1) is 7.33. The minimum Gasteiger partial charge on any atom is -0.386 e. The summed E-state index contributed by atoms with van der Waals surface area (Å²) < 4.78 is 4.92. The molecule has 1 aromatic carbocycles. The fourth-order valence-electron chi connectivity index (χ4n) is 1.53. The van der Waals surface area contributed by atoms with E-state index >= 15 is 0 Å². The summed E-state index contributed by atoms with van der Waals surface area (Å²) in [5.74, 6) is 0. The Balaban J connectivity index is 2.13. The van der Waals surface area contributed by atoms with Crippen LogP contribution in [0, 0.1) is 0 Å². The van der Waals surface area contributed by atoms with Gasteiger partial charge in [-0.25, -0.2) is 0 Å². The van der Waals surface area contributed by atoms with Crippen LogP contribution in [0.5, 0.6) is 0 Å². The molecule has 0 aliphatic carbocycles. The SMILES string of the molecule is COC[C@@H]1ON=C(c2ccccc2)[C@H]1O. The molecule has 0 spiro atoms. The Hall–Kier alpha value is -1.39. The van der Waals surface area contributed by atoms with Crippen LogP contribution in [-0.4, -0.2) is 36.7 Å². The summed E-state index contributed by atoms with van der Waals surface area (Å²) in [6.07, 6.45) is -1.11. The quantitative estimate of drug-likeness (QED) is 0.797. The van der Waals surface area contributed by atoms with Crippen LogP contribution in [0.2, 0.25) is 0 Å². The van der Waals surface area contributed by atoms with Crippen LogP contribution in [0.3, 0.4) is 0 Å². The van der Waals surface area contributed by atoms with Crippen molar-refractivity contribution >= 4 is 5.71 Å². The molecule has 0 aromatic heterocycles. The van der Waals surface area contributed by atoms with Gasteiger partial charge in [0.05, 0.1) is 6.61 Å². The van der Waals surface area contributed by atoms with Gasteiger partial charge in [0.25, 0.3) is 0 Å². The normalized spacial score (nSPS) is 24.8. The minimum atomic E-state index is -0.715. The summed E-state index contributed by atoms with van der Waals surface area (Å²) in [7, 11) is 1.57. The van der Waals surface area contributed by atoms with Gasteiger partial charge in [0.15, 0.2) is 6.10 Å². The average molecular weight is 207 g/mol. The van der Waals surface area contributed by atoms with Gasteiger partial charge in [0, 0.05) is 12.7 Å². The van der Waals surface area contributed by atoms with Gasteiger partial charge in [-0.2, -0.15) is 0 Å². The Morgan fingerprint density at radius 3 is 2.80 bits per heavy atom. The second-order valence-corrected chi connectivity index (χ2v) is 3.39. The third kappa shape index (κ3) is 2.00. The van der Waals surface area contributed by atoms with Crippen LogP contribution in [0.15, 0.2) is 35.5 Å². The number of methoxy groups -OCH3 is 1. The number of aliphatic hydroxyl groups is 1. The molecule has 1 aromatic rings. The Morgan fingerprint density at radius 1 is 1.40 bits per heavy atom. The molecule has 0 radical (unpaired) electrons. The van der Waals surface area contributed by atoms with Crippen molar-refractivity contribution in [3.8, 4) is 0 Å². The molecule has 4 nitrogen and oxygen atoms in total. The molecule has 4 heteroatoms. The van der Waals surface area contributed by atoms with Crippen molar-refractivity contribution < 1.29 is 14.7 Å². The van der Waals surface area contributed by atoms with Gasteiger partial charge in [0.1, 0.15) is 11.8 Å². The van der Waals surface area contributed by atoms with Crippen LogP contribution in [0.25, 0.3) is 0 Å². The van der Waals surface area contributed by atoms with Gasteiger partial charge in [-0.3, -0.25) is 0 Å². The van der Waals surface area contributed by atoms with Gasteiger partial charge >= 0.3 is 0 Å². The Bertz CT molecular complexity index is 350. The number of nitrogens with zero attached hydrogens (tertiary/aromatic N) is 1. The van der Waals surface area contributed by atoms with E-state index in [9.17, 15) is 5.11 Å². The lowest BCUT2D eigenvalue weighted by molar-refractivity contribution is -0.0255. The molecule has 2 atom stereocenters. The summed E-state index contributed by atoms with van der Waals surface area (Å²) in [4.78, 5) is 5.09. The van der Waals surface area contributed by atoms with E-state index in [0.717, 1.165) is 5.56 Å². The highest BCUT2D eigenvalue weighted by Crippen LogP contribution is 2.17. The van der Waals surface area contributed by atoms with Crippen LogP contribution < -0.4 is 0 Å². The summed E-state index contributed by atoms with van der Waals surface area (Å²) in [5, 5.41) is 13.8. The first kappa shape index (κ1) is 10.1. The molecule has 1 N–H and O–H groups in total. The summed E-state index contributed by atoms with van der Waals surface area (Å²) in [6, 6.07) is 9.49. The number of rotatable bonds is 3. The molecule has 1 aliphatic rings. The lowest BCUT2D eigenvalue weighted by Gasteiger charge is -2.12. The zero-order valence-electron chi connectivity index (χ0n) is 8.46. The molecule has 0 saturated heterocycles. The van der Waals surface area contributed by atoms with E-state index < -0.39 is 12.2 Å². The van der Waals surface area contributed by atoms with E-state index in [1.165, 1.54) is 0 Å². The van der Waals surface area contributed by atoms with Crippen LogP contribution in [0.1, 0.15) is 5.56 Å². The molecule has 1 heterocycles. The molecule has 0 fully saturated rings. The van der Waals surface area contributed by atoms with Crippen molar-refractivity contribution in [3.63, 3.8) is 0 Å². The maximum Gasteiger partial charge on any atom is 0.182 e. The standard InChI is InChI=1S/C11H13NO3/c1-14-7-9-11(13)10(12-15-9)8-5-3-2-4-6-8/h2-6,9,11,13H,7H2,1H3/t9-,11-/m0/s1. The van der Waals surface area contributed by atoms with Crippen molar-refractivity contribution in [2.75, 3.05) is 13.7 Å². The molecule has 1 aliphatic heterocycles. The zero-order chi connectivity index (χ0) is 10.7. The van der Waals surface area contributed by atoms with Crippen LogP contribution >= 0.6 is 0 Å². The third-order valence-electron chi connectivity index (χ3n) is 2.32. The first-order valence-electron chi connectivity index (χ1n) is 4.79. The predicted octanol–water partition coefficient (Wildman–Crippen LogP) is 0.797. The number of hydrogen-bond acceptors (Lipinski definition) is 4. The third-order valence-corrected chi connectivity index (χ3v) is 2.32. The van der Waals surface area contributed by atoms with E-state index in [2.05, 4.69) is 5.16 Å². The minimum absolute atomic E-state index is 0.334. The highest BCUT2D eigenvalue weighted by molar-refractivity contribution is 6.04. The molecule has 0 unspecified atom stereocenters. The van der Waals surface area contributed by atoms with Gasteiger partial charge in [-0.1, -0.05) is 35.5 Å². The number of ether oxygens (including phenoxy) is 1. The summed E-state index contributed by atoms with van der Waals surface area (Å²) in [6.45, 7) is 0.334. The van der Waals surface area contributed by atoms with Gasteiger partial charge in [-0.15, -0.1) is 0 Å². The molecule has 0 bridgehead atoms. The second kappa shape index (κ2) is 4.42. The maximum atomic E-state index is 9.90. The van der Waals surface area contributed by atoms with Crippen molar-refractivity contribution in [2.24, 2.45) is 5.16 Å². The van der Waals surface area contributed by atoms with Crippen LogP contribution in [0.4, 0.5) is 0 Å². The second-order valence-electron chi connectivity index (χ2n) is 3.39. The van der Waals surface area contributed by atoms with Gasteiger partial charge < -0.3 is 14.7 Å². The molecule has 2 rings (SSSR count). The van der Waals surface area contributed by atoms with Gasteiger partial charge in [0.2, 0.25) is 0 Å². The van der Waals surface area contributed by atoms with E-state index in [1.54, 1.807) is 7.11 Å². The fourth-order valence-corrected chi connectivity index (χ4v) is 1.53. The average Bonchev–Trinajstić information content (AvgIpc) is 2.63. The fraction of sp³-hybridized carbons (Fsp3) is 0.364. The molecule has 15 heavy (non-hydrogen) atoms. The molecule has 0 amide bonds. The lowest BCUT2D eigenvalue weighted by Crippen LogP contribution is -2.32. The van der Waals surface area contributed by atoms with Crippen molar-refractivity contribution in [3.05, 3.63) is 35.9 Å². The zero-order valence-corrected chi connectivity index (χ0v) is 8.46. The molecule has 80 valence electrons. The number of oxime groups is 1. The van der Waals surface area contributed by atoms with Gasteiger partial charge in [-0.05, 0) is 0 Å². The summed E-state index contributed by atoms with van der Waals surface area (Å²) >= 11 is 0. The van der Waals surface area contributed by atoms with Crippen molar-refractivity contribution in [1.82, 2.24) is 0 Å². The lowest BCUT2D eigenvalue weighted by atomic mass is 10.0. The van der Waals surface area contributed by atoms with Crippen LogP contribution in [-0.2, 0) is 9.57 Å². The Kier molecular flexibility index (Phi) is 2.99. The topological polar surface area (TPSA) is 51.0 Å². The number of benzene rings is 1. The smallest absolute Gasteiger partial charge is 0.182 e.